The maximum Gasteiger partial charge on any atom is 0.337 e. The SMILES string of the molecule is CC(CCN(C)C)Nc1ccc(N)cc1C(=O)O. The van der Waals surface area contributed by atoms with Gasteiger partial charge in [0.1, 0.15) is 0 Å². The van der Waals surface area contributed by atoms with Crippen LogP contribution in [-0.4, -0.2) is 42.7 Å². The van der Waals surface area contributed by atoms with Gasteiger partial charge in [-0.1, -0.05) is 0 Å². The third kappa shape index (κ3) is 4.25. The molecule has 0 fully saturated rings. The molecule has 18 heavy (non-hydrogen) atoms. The highest BCUT2D eigenvalue weighted by Crippen LogP contribution is 2.20. The predicted molar refractivity (Wildman–Crippen MR) is 74.1 cm³/mol. The second-order valence-electron chi connectivity index (χ2n) is 4.75. The fourth-order valence-corrected chi connectivity index (χ4v) is 1.65. The number of nitrogens with two attached hydrogens (primary N) is 1. The Kier molecular flexibility index (Phi) is 4.97. The molecule has 0 aromatic heterocycles. The molecule has 1 rings (SSSR count). The summed E-state index contributed by atoms with van der Waals surface area (Å²) in [7, 11) is 4.03. The molecule has 0 heterocycles. The molecule has 0 amide bonds. The van der Waals surface area contributed by atoms with Crippen LogP contribution in [0.15, 0.2) is 18.2 Å². The van der Waals surface area contributed by atoms with E-state index < -0.39 is 5.97 Å². The number of hydrogen-bond donors (Lipinski definition) is 3. The molecule has 5 nitrogen and oxygen atoms in total. The van der Waals surface area contributed by atoms with Gasteiger partial charge in [0.2, 0.25) is 0 Å². The van der Waals surface area contributed by atoms with Gasteiger partial charge in [-0.15, -0.1) is 0 Å². The molecule has 1 atom stereocenters. The molecule has 0 aliphatic heterocycles. The first kappa shape index (κ1) is 14.3. The van der Waals surface area contributed by atoms with Crippen LogP contribution in [0.25, 0.3) is 0 Å². The van der Waals surface area contributed by atoms with E-state index in [1.165, 1.54) is 6.07 Å². The van der Waals surface area contributed by atoms with Gasteiger partial charge in [0.15, 0.2) is 0 Å². The lowest BCUT2D eigenvalue weighted by atomic mass is 10.1. The first-order valence-corrected chi connectivity index (χ1v) is 5.94. The molecule has 1 aromatic rings. The number of hydrogen-bond acceptors (Lipinski definition) is 4. The van der Waals surface area contributed by atoms with E-state index in [2.05, 4.69) is 10.2 Å². The number of aromatic carboxylic acids is 1. The van der Waals surface area contributed by atoms with E-state index in [-0.39, 0.29) is 11.6 Å². The maximum absolute atomic E-state index is 11.1. The van der Waals surface area contributed by atoms with Crippen molar-refractivity contribution in [3.63, 3.8) is 0 Å². The van der Waals surface area contributed by atoms with Crippen molar-refractivity contribution in [1.82, 2.24) is 4.90 Å². The smallest absolute Gasteiger partial charge is 0.337 e. The minimum absolute atomic E-state index is 0.203. The Labute approximate surface area is 108 Å². The van der Waals surface area contributed by atoms with Gasteiger partial charge in [-0.2, -0.15) is 0 Å². The Morgan fingerprint density at radius 3 is 2.72 bits per heavy atom. The van der Waals surface area contributed by atoms with Crippen molar-refractivity contribution >= 4 is 17.3 Å². The average Bonchev–Trinajstić information content (AvgIpc) is 2.28. The lowest BCUT2D eigenvalue weighted by Gasteiger charge is -2.19. The van der Waals surface area contributed by atoms with E-state index in [4.69, 9.17) is 10.8 Å². The Morgan fingerprint density at radius 2 is 2.17 bits per heavy atom. The Hall–Kier alpha value is -1.75. The normalized spacial score (nSPS) is 12.4. The number of nitrogens with one attached hydrogen (secondary N) is 1. The highest BCUT2D eigenvalue weighted by molar-refractivity contribution is 5.95. The molecule has 0 bridgehead atoms. The number of benzene rings is 1. The topological polar surface area (TPSA) is 78.6 Å². The first-order chi connectivity index (χ1) is 8.40. The Bertz CT molecular complexity index is 419. The fourth-order valence-electron chi connectivity index (χ4n) is 1.65. The van der Waals surface area contributed by atoms with Gasteiger partial charge in [0.05, 0.1) is 5.56 Å². The Morgan fingerprint density at radius 1 is 1.50 bits per heavy atom. The molecular weight excluding hydrogens is 230 g/mol. The second kappa shape index (κ2) is 6.26. The summed E-state index contributed by atoms with van der Waals surface area (Å²) in [6.07, 6.45) is 0.941. The van der Waals surface area contributed by atoms with Gasteiger partial charge in [-0.3, -0.25) is 0 Å². The van der Waals surface area contributed by atoms with Gasteiger partial charge in [0.25, 0.3) is 0 Å². The van der Waals surface area contributed by atoms with E-state index in [1.54, 1.807) is 12.1 Å². The predicted octanol–water partition coefficient (Wildman–Crippen LogP) is 1.72. The quantitative estimate of drug-likeness (QED) is 0.671. The first-order valence-electron chi connectivity index (χ1n) is 5.94. The van der Waals surface area contributed by atoms with Crippen molar-refractivity contribution in [1.29, 1.82) is 0 Å². The van der Waals surface area contributed by atoms with E-state index >= 15 is 0 Å². The average molecular weight is 251 g/mol. The van der Waals surface area contributed by atoms with Gasteiger partial charge < -0.3 is 21.1 Å². The van der Waals surface area contributed by atoms with Crippen LogP contribution < -0.4 is 11.1 Å². The van der Waals surface area contributed by atoms with Gasteiger partial charge >= 0.3 is 5.97 Å². The molecule has 0 spiro atoms. The van der Waals surface area contributed by atoms with Crippen LogP contribution in [0.5, 0.6) is 0 Å². The molecule has 0 radical (unpaired) electrons. The van der Waals surface area contributed by atoms with Crippen molar-refractivity contribution in [3.8, 4) is 0 Å². The molecule has 0 aliphatic rings. The monoisotopic (exact) mass is 251 g/mol. The van der Waals surface area contributed by atoms with Crippen molar-refractivity contribution in [2.45, 2.75) is 19.4 Å². The molecule has 0 saturated heterocycles. The van der Waals surface area contributed by atoms with E-state index in [0.717, 1.165) is 13.0 Å². The van der Waals surface area contributed by atoms with Crippen LogP contribution in [0.3, 0.4) is 0 Å². The summed E-state index contributed by atoms with van der Waals surface area (Å²) in [6, 6.07) is 5.09. The van der Waals surface area contributed by atoms with Crippen molar-refractivity contribution in [2.24, 2.45) is 0 Å². The summed E-state index contributed by atoms with van der Waals surface area (Å²) in [5, 5.41) is 12.3. The molecular formula is C13H21N3O2. The standard InChI is InChI=1S/C13H21N3O2/c1-9(6-7-16(2)3)15-12-5-4-10(14)8-11(12)13(17)18/h4-5,8-9,15H,6-7,14H2,1-3H3,(H,17,18). The summed E-state index contributed by atoms with van der Waals surface area (Å²) < 4.78 is 0. The molecule has 4 N–H and O–H groups in total. The van der Waals surface area contributed by atoms with E-state index in [0.29, 0.717) is 11.4 Å². The highest BCUT2D eigenvalue weighted by atomic mass is 16.4. The lowest BCUT2D eigenvalue weighted by Crippen LogP contribution is -2.23. The number of anilines is 2. The van der Waals surface area contributed by atoms with Crippen LogP contribution in [0.2, 0.25) is 0 Å². The van der Waals surface area contributed by atoms with Crippen molar-refractivity contribution in [2.75, 3.05) is 31.7 Å². The summed E-state index contributed by atoms with van der Waals surface area (Å²) in [5.74, 6) is -0.968. The van der Waals surface area contributed by atoms with Crippen LogP contribution >= 0.6 is 0 Å². The van der Waals surface area contributed by atoms with Crippen molar-refractivity contribution < 1.29 is 9.90 Å². The van der Waals surface area contributed by atoms with E-state index in [1.807, 2.05) is 21.0 Å². The summed E-state index contributed by atoms with van der Waals surface area (Å²) in [6.45, 7) is 2.98. The minimum atomic E-state index is -0.968. The summed E-state index contributed by atoms with van der Waals surface area (Å²) in [5.41, 5.74) is 6.88. The second-order valence-corrected chi connectivity index (χ2v) is 4.75. The van der Waals surface area contributed by atoms with E-state index in [9.17, 15) is 4.79 Å². The number of nitrogens with zero attached hydrogens (tertiary/aromatic N) is 1. The van der Waals surface area contributed by atoms with Gasteiger partial charge in [-0.25, -0.2) is 4.79 Å². The van der Waals surface area contributed by atoms with Crippen molar-refractivity contribution in [3.05, 3.63) is 23.8 Å². The molecule has 0 saturated carbocycles. The molecule has 1 aromatic carbocycles. The third-order valence-electron chi connectivity index (χ3n) is 2.69. The lowest BCUT2D eigenvalue weighted by molar-refractivity contribution is 0.0698. The zero-order chi connectivity index (χ0) is 13.7. The van der Waals surface area contributed by atoms with Crippen LogP contribution in [0.1, 0.15) is 23.7 Å². The fraction of sp³-hybridized carbons (Fsp3) is 0.462. The molecule has 5 heteroatoms. The van der Waals surface area contributed by atoms with Crippen LogP contribution in [0, 0.1) is 0 Å². The Balaban J connectivity index is 2.74. The minimum Gasteiger partial charge on any atom is -0.478 e. The van der Waals surface area contributed by atoms with Gasteiger partial charge in [-0.05, 0) is 52.2 Å². The third-order valence-corrected chi connectivity index (χ3v) is 2.69. The zero-order valence-electron chi connectivity index (χ0n) is 11.1. The highest BCUT2D eigenvalue weighted by Gasteiger charge is 2.12. The van der Waals surface area contributed by atoms with Gasteiger partial charge in [0, 0.05) is 17.4 Å². The largest absolute Gasteiger partial charge is 0.478 e. The molecule has 100 valence electrons. The summed E-state index contributed by atoms with van der Waals surface area (Å²) in [4.78, 5) is 13.2. The maximum atomic E-state index is 11.1. The summed E-state index contributed by atoms with van der Waals surface area (Å²) >= 11 is 0. The number of carboxylic acids is 1. The number of carboxylic acid groups (broad SMARTS) is 1. The zero-order valence-corrected chi connectivity index (χ0v) is 11.1. The number of carbonyl (C=O) groups is 1. The number of nitrogen functional groups attached to an aromatic ring is 1. The van der Waals surface area contributed by atoms with Crippen LogP contribution in [0.4, 0.5) is 11.4 Å². The number of rotatable bonds is 6. The van der Waals surface area contributed by atoms with Crippen LogP contribution in [-0.2, 0) is 0 Å². The molecule has 0 aliphatic carbocycles. The molecule has 1 unspecified atom stereocenters.